The Bertz CT molecular complexity index is 309. The van der Waals surface area contributed by atoms with E-state index in [0.717, 1.165) is 18.9 Å². The second-order valence-electron chi connectivity index (χ2n) is 4.43. The molecule has 0 aromatic heterocycles. The highest BCUT2D eigenvalue weighted by atomic mass is 16.5. The lowest BCUT2D eigenvalue weighted by molar-refractivity contribution is 0.277. The van der Waals surface area contributed by atoms with Crippen molar-refractivity contribution < 1.29 is 4.74 Å². The maximum absolute atomic E-state index is 5.79. The third-order valence-corrected chi connectivity index (χ3v) is 2.81. The molecule has 1 heterocycles. The third kappa shape index (κ3) is 2.96. The van der Waals surface area contributed by atoms with Crippen molar-refractivity contribution in [2.24, 2.45) is 0 Å². The molecule has 1 aliphatic heterocycles. The first-order chi connectivity index (χ1) is 7.24. The molecular weight excluding hydrogens is 186 g/mol. The monoisotopic (exact) mass is 205 g/mol. The van der Waals surface area contributed by atoms with Crippen LogP contribution >= 0.6 is 0 Å². The molecule has 82 valence electrons. The minimum Gasteiger partial charge on any atom is -0.492 e. The zero-order valence-electron chi connectivity index (χ0n) is 9.55. The van der Waals surface area contributed by atoms with Gasteiger partial charge >= 0.3 is 0 Å². The zero-order chi connectivity index (χ0) is 10.7. The van der Waals surface area contributed by atoms with Gasteiger partial charge in [-0.3, -0.25) is 0 Å². The molecular formula is C13H19NO. The van der Waals surface area contributed by atoms with Gasteiger partial charge in [0.25, 0.3) is 0 Å². The first kappa shape index (κ1) is 10.5. The van der Waals surface area contributed by atoms with E-state index in [9.17, 15) is 0 Å². The molecule has 1 saturated heterocycles. The second kappa shape index (κ2) is 4.67. The lowest BCUT2D eigenvalue weighted by atomic mass is 10.1. The molecule has 0 saturated carbocycles. The molecule has 1 aromatic carbocycles. The van der Waals surface area contributed by atoms with Gasteiger partial charge < -0.3 is 10.1 Å². The standard InChI is InChI=1S/C13H19NO/c1-10-6-11(2)8-13(7-10)15-9-12-4-3-5-14-12/h6-8,12,14H,3-5,9H2,1-2H3/t12-/m0/s1. The van der Waals surface area contributed by atoms with Gasteiger partial charge in [-0.15, -0.1) is 0 Å². The van der Waals surface area contributed by atoms with Crippen LogP contribution in [0, 0.1) is 13.8 Å². The summed E-state index contributed by atoms with van der Waals surface area (Å²) < 4.78 is 5.79. The summed E-state index contributed by atoms with van der Waals surface area (Å²) in [5.41, 5.74) is 2.54. The number of hydrogen-bond donors (Lipinski definition) is 1. The Kier molecular flexibility index (Phi) is 3.27. The van der Waals surface area contributed by atoms with Crippen molar-refractivity contribution in [3.05, 3.63) is 29.3 Å². The molecule has 0 aliphatic carbocycles. The Labute approximate surface area is 91.6 Å². The Hall–Kier alpha value is -1.02. The van der Waals surface area contributed by atoms with Crippen LogP contribution in [0.1, 0.15) is 24.0 Å². The van der Waals surface area contributed by atoms with Crippen LogP contribution in [0.25, 0.3) is 0 Å². The Morgan fingerprint density at radius 3 is 2.60 bits per heavy atom. The van der Waals surface area contributed by atoms with Gasteiger partial charge in [-0.05, 0) is 56.5 Å². The summed E-state index contributed by atoms with van der Waals surface area (Å²) in [5.74, 6) is 1.00. The summed E-state index contributed by atoms with van der Waals surface area (Å²) in [6.07, 6.45) is 2.52. The van der Waals surface area contributed by atoms with Crippen molar-refractivity contribution in [3.8, 4) is 5.75 Å². The summed E-state index contributed by atoms with van der Waals surface area (Å²) in [7, 11) is 0. The summed E-state index contributed by atoms with van der Waals surface area (Å²) >= 11 is 0. The van der Waals surface area contributed by atoms with E-state index in [1.807, 2.05) is 0 Å². The van der Waals surface area contributed by atoms with Gasteiger partial charge in [0.1, 0.15) is 12.4 Å². The number of benzene rings is 1. The molecule has 2 rings (SSSR count). The summed E-state index contributed by atoms with van der Waals surface area (Å²) in [5, 5.41) is 3.43. The van der Waals surface area contributed by atoms with Gasteiger partial charge in [-0.25, -0.2) is 0 Å². The van der Waals surface area contributed by atoms with Gasteiger partial charge in [0, 0.05) is 6.04 Å². The fourth-order valence-electron chi connectivity index (χ4n) is 2.11. The number of ether oxygens (including phenoxy) is 1. The molecule has 1 fully saturated rings. The lowest BCUT2D eigenvalue weighted by Gasteiger charge is -2.13. The number of nitrogens with one attached hydrogen (secondary N) is 1. The molecule has 1 N–H and O–H groups in total. The van der Waals surface area contributed by atoms with E-state index in [4.69, 9.17) is 4.74 Å². The Morgan fingerprint density at radius 1 is 1.27 bits per heavy atom. The van der Waals surface area contributed by atoms with Gasteiger partial charge in [-0.2, -0.15) is 0 Å². The summed E-state index contributed by atoms with van der Waals surface area (Å²) in [6, 6.07) is 6.91. The highest BCUT2D eigenvalue weighted by Crippen LogP contribution is 2.17. The van der Waals surface area contributed by atoms with E-state index in [1.165, 1.54) is 24.0 Å². The van der Waals surface area contributed by atoms with Crippen LogP contribution < -0.4 is 10.1 Å². The van der Waals surface area contributed by atoms with Gasteiger partial charge in [0.15, 0.2) is 0 Å². The van der Waals surface area contributed by atoms with Gasteiger partial charge in [-0.1, -0.05) is 6.07 Å². The van der Waals surface area contributed by atoms with Crippen LogP contribution in [0.4, 0.5) is 0 Å². The normalized spacial score (nSPS) is 20.5. The van der Waals surface area contributed by atoms with Crippen molar-refractivity contribution in [2.75, 3.05) is 13.2 Å². The smallest absolute Gasteiger partial charge is 0.119 e. The molecule has 0 radical (unpaired) electrons. The van der Waals surface area contributed by atoms with Crippen molar-refractivity contribution in [3.63, 3.8) is 0 Å². The number of rotatable bonds is 3. The average Bonchev–Trinajstić information content (AvgIpc) is 2.65. The zero-order valence-corrected chi connectivity index (χ0v) is 9.55. The fourth-order valence-corrected chi connectivity index (χ4v) is 2.11. The van der Waals surface area contributed by atoms with Crippen LogP contribution in [0.3, 0.4) is 0 Å². The van der Waals surface area contributed by atoms with Crippen LogP contribution in [0.15, 0.2) is 18.2 Å². The maximum atomic E-state index is 5.79. The van der Waals surface area contributed by atoms with E-state index in [0.29, 0.717) is 6.04 Å². The van der Waals surface area contributed by atoms with E-state index in [1.54, 1.807) is 0 Å². The minimum atomic E-state index is 0.547. The molecule has 0 bridgehead atoms. The first-order valence-corrected chi connectivity index (χ1v) is 5.68. The molecule has 1 atom stereocenters. The molecule has 0 spiro atoms. The number of hydrogen-bond acceptors (Lipinski definition) is 2. The molecule has 1 aliphatic rings. The van der Waals surface area contributed by atoms with Crippen LogP contribution in [-0.4, -0.2) is 19.2 Å². The van der Waals surface area contributed by atoms with Crippen LogP contribution in [-0.2, 0) is 0 Å². The fraction of sp³-hybridized carbons (Fsp3) is 0.538. The quantitative estimate of drug-likeness (QED) is 0.818. The molecule has 2 heteroatoms. The molecule has 2 nitrogen and oxygen atoms in total. The first-order valence-electron chi connectivity index (χ1n) is 5.68. The minimum absolute atomic E-state index is 0.547. The van der Waals surface area contributed by atoms with Gasteiger partial charge in [0.05, 0.1) is 0 Å². The molecule has 0 unspecified atom stereocenters. The van der Waals surface area contributed by atoms with E-state index >= 15 is 0 Å². The Balaban J connectivity index is 1.92. The van der Waals surface area contributed by atoms with Crippen molar-refractivity contribution in [1.82, 2.24) is 5.32 Å². The van der Waals surface area contributed by atoms with Crippen LogP contribution in [0.5, 0.6) is 5.75 Å². The SMILES string of the molecule is Cc1cc(C)cc(OC[C@@H]2CCCN2)c1. The average molecular weight is 205 g/mol. The van der Waals surface area contributed by atoms with E-state index in [-0.39, 0.29) is 0 Å². The van der Waals surface area contributed by atoms with Crippen molar-refractivity contribution in [1.29, 1.82) is 0 Å². The summed E-state index contributed by atoms with van der Waals surface area (Å²) in [6.45, 7) is 6.14. The Morgan fingerprint density at radius 2 is 2.00 bits per heavy atom. The van der Waals surface area contributed by atoms with Crippen LogP contribution in [0.2, 0.25) is 0 Å². The number of aryl methyl sites for hydroxylation is 2. The molecule has 1 aromatic rings. The largest absolute Gasteiger partial charge is 0.492 e. The maximum Gasteiger partial charge on any atom is 0.119 e. The van der Waals surface area contributed by atoms with Gasteiger partial charge in [0.2, 0.25) is 0 Å². The van der Waals surface area contributed by atoms with Crippen molar-refractivity contribution >= 4 is 0 Å². The topological polar surface area (TPSA) is 21.3 Å². The highest BCUT2D eigenvalue weighted by Gasteiger charge is 2.14. The van der Waals surface area contributed by atoms with Crippen molar-refractivity contribution in [2.45, 2.75) is 32.7 Å². The van der Waals surface area contributed by atoms with E-state index < -0.39 is 0 Å². The summed E-state index contributed by atoms with van der Waals surface area (Å²) in [4.78, 5) is 0. The lowest BCUT2D eigenvalue weighted by Crippen LogP contribution is -2.28. The van der Waals surface area contributed by atoms with E-state index in [2.05, 4.69) is 37.4 Å². The second-order valence-corrected chi connectivity index (χ2v) is 4.43. The third-order valence-electron chi connectivity index (χ3n) is 2.81. The predicted octanol–water partition coefficient (Wildman–Crippen LogP) is 2.43. The molecule has 0 amide bonds. The highest BCUT2D eigenvalue weighted by molar-refractivity contribution is 5.33. The molecule has 15 heavy (non-hydrogen) atoms. The predicted molar refractivity (Wildman–Crippen MR) is 62.4 cm³/mol.